The van der Waals surface area contributed by atoms with Gasteiger partial charge in [-0.1, -0.05) is 6.07 Å². The van der Waals surface area contributed by atoms with Gasteiger partial charge in [0.2, 0.25) is 0 Å². The highest BCUT2D eigenvalue weighted by Crippen LogP contribution is 2.69. The molecule has 0 amide bonds. The fourth-order valence-electron chi connectivity index (χ4n) is 4.46. The maximum absolute atomic E-state index is 14.5. The molecule has 2 aliphatic rings. The van der Waals surface area contributed by atoms with Crippen molar-refractivity contribution in [3.05, 3.63) is 64.4 Å². The monoisotopic (exact) mass is 457 g/mol. The van der Waals surface area contributed by atoms with Crippen molar-refractivity contribution in [2.75, 3.05) is 33.1 Å². The van der Waals surface area contributed by atoms with Crippen molar-refractivity contribution in [2.24, 2.45) is 0 Å². The second-order valence-electron chi connectivity index (χ2n) is 10.1. The number of benzene rings is 1. The third-order valence-electron chi connectivity index (χ3n) is 5.97. The maximum Gasteiger partial charge on any atom is 0.346 e. The van der Waals surface area contributed by atoms with Gasteiger partial charge in [0.25, 0.3) is 0 Å². The molecule has 0 radical (unpaired) electrons. The van der Waals surface area contributed by atoms with E-state index in [0.717, 1.165) is 33.7 Å². The second kappa shape index (κ2) is 8.80. The maximum atomic E-state index is 14.5. The van der Waals surface area contributed by atoms with Crippen LogP contribution in [0.15, 0.2) is 47.2 Å². The lowest BCUT2D eigenvalue weighted by Crippen LogP contribution is -2.32. The van der Waals surface area contributed by atoms with Gasteiger partial charge in [0.1, 0.15) is 23.0 Å². The Hall–Kier alpha value is -1.90. The Labute approximate surface area is 194 Å². The number of fused-ring (bicyclic) bond motifs is 1. The number of likely N-dealkylation sites (N-methyl/N-ethyl adjacent to an activating group) is 1. The van der Waals surface area contributed by atoms with Crippen LogP contribution < -0.4 is 4.90 Å². The van der Waals surface area contributed by atoms with Gasteiger partial charge in [-0.3, -0.25) is 4.57 Å². The first-order valence-electron chi connectivity index (χ1n) is 11.3. The Kier molecular flexibility index (Phi) is 6.80. The average Bonchev–Trinajstić information content (AvgIpc) is 2.66. The Morgan fingerprint density at radius 3 is 2.09 bits per heavy atom. The predicted molar refractivity (Wildman–Crippen MR) is 133 cm³/mol. The zero-order valence-electron chi connectivity index (χ0n) is 21.2. The molecule has 32 heavy (non-hydrogen) atoms. The summed E-state index contributed by atoms with van der Waals surface area (Å²) in [5, 5.41) is 0. The van der Waals surface area contributed by atoms with E-state index in [0.29, 0.717) is 0 Å². The van der Waals surface area contributed by atoms with Crippen molar-refractivity contribution < 1.29 is 13.6 Å². The van der Waals surface area contributed by atoms with Gasteiger partial charge in [-0.25, -0.2) is 0 Å². The molecule has 1 aromatic rings. The van der Waals surface area contributed by atoms with Crippen molar-refractivity contribution in [1.29, 1.82) is 0 Å². The number of hydrogen-bond donors (Lipinski definition) is 0. The molecule has 0 fully saturated rings. The van der Waals surface area contributed by atoms with Crippen molar-refractivity contribution in [3.8, 4) is 0 Å². The smallest absolute Gasteiger partial charge is 0.346 e. The molecule has 0 N–H and O–H groups in total. The summed E-state index contributed by atoms with van der Waals surface area (Å²) in [4.78, 5) is 4.17. The molecule has 1 unspecified atom stereocenters. The lowest BCUT2D eigenvalue weighted by atomic mass is 9.67. The van der Waals surface area contributed by atoms with Crippen LogP contribution in [-0.4, -0.2) is 45.3 Å². The normalized spacial score (nSPS) is 19.5. The van der Waals surface area contributed by atoms with E-state index in [4.69, 9.17) is 9.05 Å². The van der Waals surface area contributed by atoms with Gasteiger partial charge < -0.3 is 18.8 Å². The van der Waals surface area contributed by atoms with Crippen molar-refractivity contribution >= 4 is 13.3 Å². The van der Waals surface area contributed by atoms with E-state index in [1.165, 1.54) is 0 Å². The summed E-state index contributed by atoms with van der Waals surface area (Å²) in [5.74, 6) is 0. The van der Waals surface area contributed by atoms with Crippen LogP contribution in [0, 0.1) is 6.08 Å². The van der Waals surface area contributed by atoms with Gasteiger partial charge in [0, 0.05) is 40.0 Å². The molecule has 0 aliphatic heterocycles. The molecule has 0 saturated carbocycles. The summed E-state index contributed by atoms with van der Waals surface area (Å²) < 4.78 is 26.7. The molecule has 5 nitrogen and oxygen atoms in total. The number of rotatable bonds is 7. The summed E-state index contributed by atoms with van der Waals surface area (Å²) >= 11 is 0. The molecule has 0 heterocycles. The number of allylic oxidation sites excluding steroid dienone is 5. The zero-order valence-corrected chi connectivity index (χ0v) is 22.1. The van der Waals surface area contributed by atoms with Gasteiger partial charge >= 0.3 is 7.60 Å². The molecule has 0 aromatic heterocycles. The van der Waals surface area contributed by atoms with E-state index in [1.54, 1.807) is 0 Å². The molecule has 1 aromatic carbocycles. The fourth-order valence-corrected chi connectivity index (χ4v) is 7.03. The van der Waals surface area contributed by atoms with E-state index in [2.05, 4.69) is 54.0 Å². The molecule has 3 rings (SSSR count). The van der Waals surface area contributed by atoms with Crippen LogP contribution in [-0.2, 0) is 19.0 Å². The van der Waals surface area contributed by atoms with E-state index >= 15 is 0 Å². The van der Waals surface area contributed by atoms with Crippen LogP contribution in [0.1, 0.15) is 58.3 Å². The quantitative estimate of drug-likeness (QED) is 0.358. The van der Waals surface area contributed by atoms with Gasteiger partial charge in [0.15, 0.2) is 0 Å². The van der Waals surface area contributed by atoms with E-state index in [1.807, 2.05) is 62.0 Å². The Bertz CT molecular complexity index is 1000. The molecular formula is C26H38N2O3P+. The molecule has 1 atom stereocenters. The van der Waals surface area contributed by atoms with Crippen LogP contribution in [0.4, 0.5) is 5.69 Å². The minimum absolute atomic E-state index is 0.233. The standard InChI is InChI=1S/C26H38N2O3P/c1-17(2)30-32(29,31-18(3)4)25-21-13-11-19(27(7)8)15-23(21)26(5,6)24-16-20(28(9)10)12-14-22(24)25/h11-13,15-18,25H,1-10H3/q+1. The van der Waals surface area contributed by atoms with Gasteiger partial charge in [-0.05, 0) is 64.8 Å². The van der Waals surface area contributed by atoms with Crippen LogP contribution in [0.25, 0.3) is 0 Å². The highest BCUT2D eigenvalue weighted by molar-refractivity contribution is 7.54. The fraction of sp³-hybridized carbons (Fsp3) is 0.538. The molecule has 0 saturated heterocycles. The first-order chi connectivity index (χ1) is 14.8. The summed E-state index contributed by atoms with van der Waals surface area (Å²) in [6.45, 7) is 12.1. The van der Waals surface area contributed by atoms with Gasteiger partial charge in [0.05, 0.1) is 29.3 Å². The van der Waals surface area contributed by atoms with E-state index in [-0.39, 0.29) is 17.6 Å². The lowest BCUT2D eigenvalue weighted by Gasteiger charge is -2.39. The minimum Gasteiger partial charge on any atom is -0.378 e. The zero-order chi connectivity index (χ0) is 24.0. The largest absolute Gasteiger partial charge is 0.378 e. The molecule has 6 heteroatoms. The average molecular weight is 458 g/mol. The molecule has 0 spiro atoms. The molecule has 0 bridgehead atoms. The molecule has 2 aliphatic carbocycles. The van der Waals surface area contributed by atoms with Crippen LogP contribution in [0.2, 0.25) is 0 Å². The Balaban J connectivity index is 2.35. The number of nitrogens with zero attached hydrogens (tertiary/aromatic N) is 2. The summed E-state index contributed by atoms with van der Waals surface area (Å²) in [6.07, 6.45) is 7.19. The van der Waals surface area contributed by atoms with Gasteiger partial charge in [-0.2, -0.15) is 0 Å². The first-order valence-corrected chi connectivity index (χ1v) is 12.9. The van der Waals surface area contributed by atoms with Crippen LogP contribution in [0.3, 0.4) is 0 Å². The highest BCUT2D eigenvalue weighted by Gasteiger charge is 2.53. The second-order valence-corrected chi connectivity index (χ2v) is 12.1. The van der Waals surface area contributed by atoms with Gasteiger partial charge in [-0.15, -0.1) is 0 Å². The third-order valence-corrected chi connectivity index (χ3v) is 8.57. The number of anilines is 1. The Morgan fingerprint density at radius 2 is 1.59 bits per heavy atom. The van der Waals surface area contributed by atoms with Crippen LogP contribution >= 0.6 is 7.60 Å². The highest BCUT2D eigenvalue weighted by atomic mass is 31.2. The number of hydrogen-bond acceptors (Lipinski definition) is 5. The minimum atomic E-state index is -3.56. The van der Waals surface area contributed by atoms with Crippen molar-refractivity contribution in [2.45, 2.75) is 64.8 Å². The lowest BCUT2D eigenvalue weighted by molar-refractivity contribution is 0.138. The Morgan fingerprint density at radius 1 is 1.00 bits per heavy atom. The summed E-state index contributed by atoms with van der Waals surface area (Å²) in [7, 11) is 4.56. The SMILES string of the molecule is CC(C)OP(=O)(OC(C)C)C1C2=C(C=C(N(C)C)C=[C+]2)C(C)(C)c2cc(N(C)C)ccc21. The van der Waals surface area contributed by atoms with E-state index in [9.17, 15) is 4.57 Å². The first kappa shape index (κ1) is 24.7. The van der Waals surface area contributed by atoms with Crippen molar-refractivity contribution in [3.63, 3.8) is 0 Å². The predicted octanol–water partition coefficient (Wildman–Crippen LogP) is 6.24. The summed E-state index contributed by atoms with van der Waals surface area (Å²) in [6, 6.07) is 6.38. The molecule has 174 valence electrons. The third kappa shape index (κ3) is 4.45. The molecular weight excluding hydrogens is 419 g/mol. The van der Waals surface area contributed by atoms with Crippen LogP contribution in [0.5, 0.6) is 0 Å². The summed E-state index contributed by atoms with van der Waals surface area (Å²) in [5.41, 5.74) is 5.49. The van der Waals surface area contributed by atoms with Crippen molar-refractivity contribution in [1.82, 2.24) is 4.90 Å². The topological polar surface area (TPSA) is 42.0 Å². The van der Waals surface area contributed by atoms with E-state index < -0.39 is 13.3 Å².